The van der Waals surface area contributed by atoms with E-state index in [-0.39, 0.29) is 22.4 Å². The molecule has 1 saturated carbocycles. The summed E-state index contributed by atoms with van der Waals surface area (Å²) in [5.41, 5.74) is -0.208. The van der Waals surface area contributed by atoms with E-state index in [4.69, 9.17) is 0 Å². The quantitative estimate of drug-likeness (QED) is 0.807. The lowest BCUT2D eigenvalue weighted by atomic mass is 10.2. The average molecular weight is 271 g/mol. The highest BCUT2D eigenvalue weighted by Gasteiger charge is 2.43. The van der Waals surface area contributed by atoms with Crippen molar-refractivity contribution in [3.8, 4) is 0 Å². The van der Waals surface area contributed by atoms with Crippen LogP contribution in [0.2, 0.25) is 0 Å². The lowest BCUT2D eigenvalue weighted by molar-refractivity contribution is 0.0935. The number of pyridine rings is 1. The molecule has 5 heteroatoms. The molecule has 1 amide bonds. The van der Waals surface area contributed by atoms with Crippen molar-refractivity contribution in [2.75, 3.05) is 5.33 Å². The fourth-order valence-electron chi connectivity index (χ4n) is 1.34. The van der Waals surface area contributed by atoms with Crippen molar-refractivity contribution < 1.29 is 4.79 Å². The van der Waals surface area contributed by atoms with Crippen LogP contribution in [0.5, 0.6) is 0 Å². The average Bonchev–Trinajstić information content (AvgIpc) is 2.99. The van der Waals surface area contributed by atoms with Crippen molar-refractivity contribution in [2.24, 2.45) is 0 Å². The summed E-state index contributed by atoms with van der Waals surface area (Å²) in [6, 6.07) is 1.35. The van der Waals surface area contributed by atoms with Crippen LogP contribution in [0, 0.1) is 0 Å². The second kappa shape index (κ2) is 3.81. The van der Waals surface area contributed by atoms with E-state index in [1.807, 2.05) is 0 Å². The van der Waals surface area contributed by atoms with Crippen LogP contribution in [0.4, 0.5) is 0 Å². The lowest BCUT2D eigenvalue weighted by Gasteiger charge is -2.13. The van der Waals surface area contributed by atoms with Gasteiger partial charge in [0.05, 0.1) is 5.54 Å². The molecule has 1 fully saturated rings. The van der Waals surface area contributed by atoms with Gasteiger partial charge in [-0.05, 0) is 12.8 Å². The molecular weight excluding hydrogens is 260 g/mol. The minimum atomic E-state index is -0.297. The van der Waals surface area contributed by atoms with Crippen LogP contribution in [0.3, 0.4) is 0 Å². The van der Waals surface area contributed by atoms with Crippen LogP contribution in [0.25, 0.3) is 0 Å². The summed E-state index contributed by atoms with van der Waals surface area (Å²) in [4.78, 5) is 25.8. The number of rotatable bonds is 3. The third kappa shape index (κ3) is 2.12. The van der Waals surface area contributed by atoms with Crippen LogP contribution < -0.4 is 10.7 Å². The number of alkyl halides is 1. The Bertz CT molecular complexity index is 437. The zero-order valence-corrected chi connectivity index (χ0v) is 9.63. The fourth-order valence-corrected chi connectivity index (χ4v) is 2.05. The number of aromatic amines is 1. The van der Waals surface area contributed by atoms with Crippen molar-refractivity contribution in [1.29, 1.82) is 0 Å². The fraction of sp³-hybridized carbons (Fsp3) is 0.400. The molecule has 0 unspecified atom stereocenters. The number of hydrogen-bond acceptors (Lipinski definition) is 2. The Morgan fingerprint density at radius 3 is 2.87 bits per heavy atom. The van der Waals surface area contributed by atoms with Crippen molar-refractivity contribution >= 4 is 21.8 Å². The van der Waals surface area contributed by atoms with Gasteiger partial charge in [-0.3, -0.25) is 9.59 Å². The second-order valence-electron chi connectivity index (χ2n) is 3.79. The predicted molar refractivity (Wildman–Crippen MR) is 60.3 cm³/mol. The monoisotopic (exact) mass is 270 g/mol. The maximum absolute atomic E-state index is 11.7. The van der Waals surface area contributed by atoms with Gasteiger partial charge >= 0.3 is 0 Å². The highest BCUT2D eigenvalue weighted by molar-refractivity contribution is 9.09. The standard InChI is InChI=1S/C10H11BrN2O2/c11-6-10(2-3-10)13-9(15)7-5-12-4-1-8(7)14/h1,4-5H,2-3,6H2,(H,12,14)(H,13,15). The molecule has 0 atom stereocenters. The third-order valence-corrected chi connectivity index (χ3v) is 3.63. The summed E-state index contributed by atoms with van der Waals surface area (Å²) in [7, 11) is 0. The highest BCUT2D eigenvalue weighted by atomic mass is 79.9. The molecule has 4 nitrogen and oxygen atoms in total. The first-order chi connectivity index (χ1) is 7.17. The molecule has 0 aliphatic heterocycles. The van der Waals surface area contributed by atoms with E-state index in [1.165, 1.54) is 18.5 Å². The summed E-state index contributed by atoms with van der Waals surface area (Å²) < 4.78 is 0. The Morgan fingerprint density at radius 1 is 1.60 bits per heavy atom. The Balaban J connectivity index is 2.15. The molecule has 1 aliphatic carbocycles. The van der Waals surface area contributed by atoms with Crippen molar-refractivity contribution in [3.63, 3.8) is 0 Å². The maximum Gasteiger partial charge on any atom is 0.257 e. The third-order valence-electron chi connectivity index (χ3n) is 2.56. The number of aromatic nitrogens is 1. The number of hydrogen-bond donors (Lipinski definition) is 2. The SMILES string of the molecule is O=C(NC1(CBr)CC1)c1c[nH]ccc1=O. The van der Waals surface area contributed by atoms with Crippen LogP contribution in [0.1, 0.15) is 23.2 Å². The van der Waals surface area contributed by atoms with Crippen molar-refractivity contribution in [3.05, 3.63) is 34.2 Å². The van der Waals surface area contributed by atoms with E-state index >= 15 is 0 Å². The summed E-state index contributed by atoms with van der Waals surface area (Å²) in [6.07, 6.45) is 4.88. The molecular formula is C10H11BrN2O2. The molecule has 0 radical (unpaired) electrons. The summed E-state index contributed by atoms with van der Waals surface area (Å²) in [5.74, 6) is -0.297. The van der Waals surface area contributed by atoms with Gasteiger partial charge in [0.2, 0.25) is 0 Å². The van der Waals surface area contributed by atoms with E-state index in [0.717, 1.165) is 18.2 Å². The van der Waals surface area contributed by atoms with Gasteiger partial charge in [0.25, 0.3) is 5.91 Å². The van der Waals surface area contributed by atoms with E-state index in [1.54, 1.807) is 0 Å². The van der Waals surface area contributed by atoms with Gasteiger partial charge in [-0.1, -0.05) is 15.9 Å². The largest absolute Gasteiger partial charge is 0.367 e. The molecule has 1 aliphatic rings. The van der Waals surface area contributed by atoms with Crippen molar-refractivity contribution in [2.45, 2.75) is 18.4 Å². The van der Waals surface area contributed by atoms with Gasteiger partial charge in [0, 0.05) is 23.8 Å². The smallest absolute Gasteiger partial charge is 0.257 e. The first-order valence-corrected chi connectivity index (χ1v) is 5.85. The summed E-state index contributed by atoms with van der Waals surface area (Å²) in [5, 5.41) is 3.60. The molecule has 0 bridgehead atoms. The van der Waals surface area contributed by atoms with Gasteiger partial charge in [0.1, 0.15) is 5.56 Å². The highest BCUT2D eigenvalue weighted by Crippen LogP contribution is 2.36. The number of halogens is 1. The van der Waals surface area contributed by atoms with Crippen LogP contribution in [-0.4, -0.2) is 21.8 Å². The van der Waals surface area contributed by atoms with Gasteiger partial charge in [-0.2, -0.15) is 0 Å². The molecule has 1 heterocycles. The van der Waals surface area contributed by atoms with Crippen molar-refractivity contribution in [1.82, 2.24) is 10.3 Å². The minimum absolute atomic E-state index is 0.126. The molecule has 0 saturated heterocycles. The number of nitrogens with one attached hydrogen (secondary N) is 2. The number of carbonyl (C=O) groups is 1. The number of H-pyrrole nitrogens is 1. The predicted octanol–water partition coefficient (Wildman–Crippen LogP) is 1.03. The Kier molecular flexibility index (Phi) is 2.65. The summed E-state index contributed by atoms with van der Waals surface area (Å²) in [6.45, 7) is 0. The topological polar surface area (TPSA) is 62.0 Å². The minimum Gasteiger partial charge on any atom is -0.367 e. The van der Waals surface area contributed by atoms with Crippen LogP contribution in [0.15, 0.2) is 23.3 Å². The van der Waals surface area contributed by atoms with Gasteiger partial charge < -0.3 is 10.3 Å². The van der Waals surface area contributed by atoms with Gasteiger partial charge in [-0.15, -0.1) is 0 Å². The lowest BCUT2D eigenvalue weighted by Crippen LogP contribution is -2.40. The Labute approximate surface area is 95.2 Å². The number of amides is 1. The molecule has 80 valence electrons. The summed E-state index contributed by atoms with van der Waals surface area (Å²) >= 11 is 3.35. The molecule has 1 aromatic heterocycles. The molecule has 15 heavy (non-hydrogen) atoms. The molecule has 2 rings (SSSR count). The zero-order chi connectivity index (χ0) is 10.9. The van der Waals surface area contributed by atoms with Crippen LogP contribution in [-0.2, 0) is 0 Å². The van der Waals surface area contributed by atoms with E-state index in [0.29, 0.717) is 0 Å². The van der Waals surface area contributed by atoms with E-state index in [2.05, 4.69) is 26.2 Å². The normalized spacial score (nSPS) is 17.1. The van der Waals surface area contributed by atoms with Gasteiger partial charge in [0.15, 0.2) is 5.43 Å². The number of carbonyl (C=O) groups excluding carboxylic acids is 1. The molecule has 0 aromatic carbocycles. The van der Waals surface area contributed by atoms with Crippen LogP contribution >= 0.6 is 15.9 Å². The first kappa shape index (κ1) is 10.4. The molecule has 0 spiro atoms. The van der Waals surface area contributed by atoms with E-state index < -0.39 is 0 Å². The Morgan fingerprint density at radius 2 is 2.33 bits per heavy atom. The molecule has 2 N–H and O–H groups in total. The van der Waals surface area contributed by atoms with Gasteiger partial charge in [-0.25, -0.2) is 0 Å². The Hall–Kier alpha value is -1.10. The molecule has 1 aromatic rings. The second-order valence-corrected chi connectivity index (χ2v) is 4.35. The maximum atomic E-state index is 11.7. The van der Waals surface area contributed by atoms with E-state index in [9.17, 15) is 9.59 Å². The first-order valence-electron chi connectivity index (χ1n) is 4.72. The zero-order valence-electron chi connectivity index (χ0n) is 8.05.